The number of methoxy groups -OCH3 is 1. The van der Waals surface area contributed by atoms with E-state index in [2.05, 4.69) is 26.0 Å². The second-order valence-corrected chi connectivity index (χ2v) is 9.62. The minimum absolute atomic E-state index is 0.306. The highest BCUT2D eigenvalue weighted by molar-refractivity contribution is 5.93. The highest BCUT2D eigenvalue weighted by atomic mass is 16.7. The summed E-state index contributed by atoms with van der Waals surface area (Å²) in [4.78, 5) is 0. The van der Waals surface area contributed by atoms with E-state index < -0.39 is 6.29 Å². The molecular weight excluding hydrogens is 476 g/mol. The van der Waals surface area contributed by atoms with Gasteiger partial charge in [-0.25, -0.2) is 0 Å². The van der Waals surface area contributed by atoms with E-state index in [0.29, 0.717) is 30.8 Å². The van der Waals surface area contributed by atoms with Crippen molar-refractivity contribution in [1.82, 2.24) is 0 Å². The average molecular weight is 515 g/mol. The summed E-state index contributed by atoms with van der Waals surface area (Å²) in [7, 11) is 1.67. The standard InChI is InChI=1S/C33H38O5/c1-5-25(22-23(2)26-10-14-28(34)15-11-26)27-12-16-29(17-13-27)38-24(3)36-20-21-37-33-19-18-32(35-4)30-8-6-7-9-31(30)33/h6-19,23-25,34H,5,20-22H2,1-4H3. The maximum Gasteiger partial charge on any atom is 0.197 e. The first kappa shape index (κ1) is 27.3. The Morgan fingerprint density at radius 1 is 0.737 bits per heavy atom. The Morgan fingerprint density at radius 3 is 2.03 bits per heavy atom. The van der Waals surface area contributed by atoms with Gasteiger partial charge in [0.2, 0.25) is 0 Å². The number of hydrogen-bond donors (Lipinski definition) is 1. The van der Waals surface area contributed by atoms with Gasteiger partial charge in [0.15, 0.2) is 6.29 Å². The van der Waals surface area contributed by atoms with Crippen LogP contribution in [0, 0.1) is 0 Å². The van der Waals surface area contributed by atoms with Gasteiger partial charge in [-0.3, -0.25) is 0 Å². The zero-order chi connectivity index (χ0) is 26.9. The molecule has 0 saturated carbocycles. The monoisotopic (exact) mass is 514 g/mol. The summed E-state index contributed by atoms with van der Waals surface area (Å²) in [6.07, 6.45) is 1.71. The maximum absolute atomic E-state index is 9.56. The van der Waals surface area contributed by atoms with Crippen LogP contribution in [0.2, 0.25) is 0 Å². The molecule has 0 saturated heterocycles. The number of benzene rings is 4. The van der Waals surface area contributed by atoms with Crippen molar-refractivity contribution in [3.05, 3.63) is 96.1 Å². The largest absolute Gasteiger partial charge is 0.508 e. The van der Waals surface area contributed by atoms with E-state index in [1.165, 1.54) is 11.1 Å². The number of aromatic hydroxyl groups is 1. The molecule has 5 nitrogen and oxygen atoms in total. The van der Waals surface area contributed by atoms with Crippen LogP contribution in [0.4, 0.5) is 0 Å². The van der Waals surface area contributed by atoms with Crippen molar-refractivity contribution in [3.63, 3.8) is 0 Å². The molecule has 0 aromatic heterocycles. The quantitative estimate of drug-likeness (QED) is 0.144. The van der Waals surface area contributed by atoms with E-state index in [9.17, 15) is 5.11 Å². The molecule has 0 spiro atoms. The van der Waals surface area contributed by atoms with Gasteiger partial charge in [-0.05, 0) is 79.1 Å². The molecule has 0 amide bonds. The Bertz CT molecular complexity index is 1280. The fraction of sp³-hybridized carbons (Fsp3) is 0.333. The van der Waals surface area contributed by atoms with E-state index in [0.717, 1.165) is 40.9 Å². The molecule has 4 rings (SSSR count). The lowest BCUT2D eigenvalue weighted by atomic mass is 9.84. The summed E-state index contributed by atoms with van der Waals surface area (Å²) in [5, 5.41) is 11.6. The lowest BCUT2D eigenvalue weighted by molar-refractivity contribution is -0.0738. The van der Waals surface area contributed by atoms with Gasteiger partial charge in [0.1, 0.15) is 29.6 Å². The molecule has 4 aromatic carbocycles. The summed E-state index contributed by atoms with van der Waals surface area (Å²) in [6, 6.07) is 27.8. The summed E-state index contributed by atoms with van der Waals surface area (Å²) < 4.78 is 23.3. The van der Waals surface area contributed by atoms with Gasteiger partial charge in [0, 0.05) is 10.8 Å². The summed E-state index contributed by atoms with van der Waals surface area (Å²) in [6.45, 7) is 7.19. The van der Waals surface area contributed by atoms with E-state index >= 15 is 0 Å². The Hall–Kier alpha value is -3.70. The van der Waals surface area contributed by atoms with Crippen molar-refractivity contribution in [2.75, 3.05) is 20.3 Å². The van der Waals surface area contributed by atoms with Crippen LogP contribution in [-0.2, 0) is 4.74 Å². The number of phenols is 1. The molecule has 3 unspecified atom stereocenters. The first-order valence-corrected chi connectivity index (χ1v) is 13.3. The highest BCUT2D eigenvalue weighted by Crippen LogP contribution is 2.34. The van der Waals surface area contributed by atoms with E-state index in [4.69, 9.17) is 18.9 Å². The van der Waals surface area contributed by atoms with Crippen molar-refractivity contribution < 1.29 is 24.1 Å². The maximum atomic E-state index is 9.56. The first-order valence-electron chi connectivity index (χ1n) is 13.3. The Balaban J connectivity index is 1.25. The van der Waals surface area contributed by atoms with Crippen LogP contribution in [0.25, 0.3) is 10.8 Å². The molecule has 200 valence electrons. The molecule has 1 N–H and O–H groups in total. The molecule has 3 atom stereocenters. The third kappa shape index (κ3) is 6.99. The van der Waals surface area contributed by atoms with Crippen LogP contribution < -0.4 is 14.2 Å². The summed E-state index contributed by atoms with van der Waals surface area (Å²) >= 11 is 0. The van der Waals surface area contributed by atoms with Gasteiger partial charge in [-0.1, -0.05) is 62.4 Å². The number of hydrogen-bond acceptors (Lipinski definition) is 5. The third-order valence-electron chi connectivity index (χ3n) is 7.00. The van der Waals surface area contributed by atoms with Gasteiger partial charge in [0.05, 0.1) is 13.7 Å². The topological polar surface area (TPSA) is 57.2 Å². The minimum atomic E-state index is -0.395. The molecule has 0 aliphatic heterocycles. The van der Waals surface area contributed by atoms with Crippen molar-refractivity contribution in [2.24, 2.45) is 0 Å². The van der Waals surface area contributed by atoms with E-state index in [-0.39, 0.29) is 0 Å². The van der Waals surface area contributed by atoms with E-state index in [1.54, 1.807) is 19.2 Å². The molecular formula is C33H38O5. The molecule has 5 heteroatoms. The predicted octanol–water partition coefficient (Wildman–Crippen LogP) is 8.06. The van der Waals surface area contributed by atoms with Crippen molar-refractivity contribution >= 4 is 10.8 Å². The lowest BCUT2D eigenvalue weighted by Crippen LogP contribution is -2.20. The molecule has 0 fully saturated rings. The Morgan fingerprint density at radius 2 is 1.37 bits per heavy atom. The van der Waals surface area contributed by atoms with Gasteiger partial charge in [-0.15, -0.1) is 0 Å². The summed E-state index contributed by atoms with van der Waals surface area (Å²) in [5.74, 6) is 3.58. The van der Waals surface area contributed by atoms with Gasteiger partial charge >= 0.3 is 0 Å². The molecule has 0 aliphatic rings. The minimum Gasteiger partial charge on any atom is -0.508 e. The SMILES string of the molecule is CCC(CC(C)c1ccc(O)cc1)c1ccc(OC(C)OCCOc2ccc(OC)c3ccccc23)cc1. The highest BCUT2D eigenvalue weighted by Gasteiger charge is 2.16. The normalized spacial score (nSPS) is 13.6. The second kappa shape index (κ2) is 13.2. The summed E-state index contributed by atoms with van der Waals surface area (Å²) in [5.41, 5.74) is 2.55. The number of ether oxygens (including phenoxy) is 4. The van der Waals surface area contributed by atoms with Crippen LogP contribution in [-0.4, -0.2) is 31.7 Å². The van der Waals surface area contributed by atoms with Crippen LogP contribution in [0.1, 0.15) is 56.6 Å². The van der Waals surface area contributed by atoms with Gasteiger partial charge in [0.25, 0.3) is 0 Å². The number of rotatable bonds is 13. The molecule has 0 radical (unpaired) electrons. The first-order chi connectivity index (χ1) is 18.5. The lowest BCUT2D eigenvalue weighted by Gasteiger charge is -2.21. The Kier molecular flexibility index (Phi) is 9.50. The van der Waals surface area contributed by atoms with Crippen LogP contribution in [0.5, 0.6) is 23.0 Å². The van der Waals surface area contributed by atoms with Crippen molar-refractivity contribution in [3.8, 4) is 23.0 Å². The third-order valence-corrected chi connectivity index (χ3v) is 7.00. The fourth-order valence-corrected chi connectivity index (χ4v) is 4.86. The molecule has 38 heavy (non-hydrogen) atoms. The van der Waals surface area contributed by atoms with Crippen molar-refractivity contribution in [1.29, 1.82) is 0 Å². The molecule has 0 aliphatic carbocycles. The van der Waals surface area contributed by atoms with Gasteiger partial charge in [-0.2, -0.15) is 0 Å². The molecule has 0 bridgehead atoms. The van der Waals surface area contributed by atoms with Crippen LogP contribution in [0.3, 0.4) is 0 Å². The number of fused-ring (bicyclic) bond motifs is 1. The predicted molar refractivity (Wildman–Crippen MR) is 153 cm³/mol. The van der Waals surface area contributed by atoms with Crippen LogP contribution >= 0.6 is 0 Å². The molecule has 4 aromatic rings. The Labute approximate surface area is 225 Å². The number of phenolic OH excluding ortho intramolecular Hbond substituents is 1. The van der Waals surface area contributed by atoms with Crippen molar-refractivity contribution in [2.45, 2.75) is 51.7 Å². The van der Waals surface area contributed by atoms with Crippen LogP contribution in [0.15, 0.2) is 84.9 Å². The molecule has 0 heterocycles. The second-order valence-electron chi connectivity index (χ2n) is 9.62. The smallest absolute Gasteiger partial charge is 0.197 e. The zero-order valence-electron chi connectivity index (χ0n) is 22.7. The van der Waals surface area contributed by atoms with E-state index in [1.807, 2.05) is 67.6 Å². The fourth-order valence-electron chi connectivity index (χ4n) is 4.86. The average Bonchev–Trinajstić information content (AvgIpc) is 2.94. The van der Waals surface area contributed by atoms with Gasteiger partial charge < -0.3 is 24.1 Å². The zero-order valence-corrected chi connectivity index (χ0v) is 22.7.